The molecule has 20 heavy (non-hydrogen) atoms. The molecule has 0 spiro atoms. The van der Waals surface area contributed by atoms with E-state index in [0.29, 0.717) is 10.6 Å². The van der Waals surface area contributed by atoms with Gasteiger partial charge in [-0.15, -0.1) is 0 Å². The molecule has 0 radical (unpaired) electrons. The lowest BCUT2D eigenvalue weighted by Crippen LogP contribution is -2.48. The molecule has 1 aliphatic rings. The highest BCUT2D eigenvalue weighted by atomic mass is 35.5. The summed E-state index contributed by atoms with van der Waals surface area (Å²) in [4.78, 5) is 16.6. The number of hydrogen-bond acceptors (Lipinski definition) is 3. The van der Waals surface area contributed by atoms with Crippen LogP contribution in [-0.4, -0.2) is 62.1 Å². The van der Waals surface area contributed by atoms with Gasteiger partial charge in [0.1, 0.15) is 0 Å². The Balaban J connectivity index is 1.83. The highest BCUT2D eigenvalue weighted by Crippen LogP contribution is 2.14. The molecule has 1 saturated heterocycles. The molecular formula is C15H21ClN2O2. The Kier molecular flexibility index (Phi) is 5.83. The van der Waals surface area contributed by atoms with Gasteiger partial charge in [0.2, 0.25) is 0 Å². The summed E-state index contributed by atoms with van der Waals surface area (Å²) in [5, 5.41) is 0.606. The lowest BCUT2D eigenvalue weighted by atomic mass is 10.2. The van der Waals surface area contributed by atoms with E-state index in [-0.39, 0.29) is 5.91 Å². The number of ether oxygens (including phenoxy) is 1. The second-order valence-corrected chi connectivity index (χ2v) is 5.43. The van der Waals surface area contributed by atoms with E-state index in [1.54, 1.807) is 19.2 Å². The fourth-order valence-electron chi connectivity index (χ4n) is 2.41. The number of piperazine rings is 1. The number of rotatable bonds is 5. The monoisotopic (exact) mass is 296 g/mol. The average molecular weight is 297 g/mol. The zero-order valence-corrected chi connectivity index (χ0v) is 12.6. The molecule has 5 heteroatoms. The van der Waals surface area contributed by atoms with E-state index in [2.05, 4.69) is 4.90 Å². The highest BCUT2D eigenvalue weighted by Gasteiger charge is 2.21. The van der Waals surface area contributed by atoms with Crippen LogP contribution in [0.15, 0.2) is 24.3 Å². The van der Waals surface area contributed by atoms with Crippen LogP contribution in [0.25, 0.3) is 0 Å². The van der Waals surface area contributed by atoms with Gasteiger partial charge in [-0.2, -0.15) is 0 Å². The van der Waals surface area contributed by atoms with Crippen LogP contribution in [0.2, 0.25) is 5.02 Å². The van der Waals surface area contributed by atoms with Crippen LogP contribution < -0.4 is 0 Å². The highest BCUT2D eigenvalue weighted by molar-refractivity contribution is 6.30. The van der Waals surface area contributed by atoms with Crippen molar-refractivity contribution in [1.82, 2.24) is 9.80 Å². The van der Waals surface area contributed by atoms with Crippen LogP contribution in [0.1, 0.15) is 16.8 Å². The Morgan fingerprint density at radius 1 is 1.30 bits per heavy atom. The lowest BCUT2D eigenvalue weighted by molar-refractivity contribution is 0.0624. The van der Waals surface area contributed by atoms with Crippen LogP contribution in [0.3, 0.4) is 0 Å². The number of amides is 1. The van der Waals surface area contributed by atoms with E-state index in [0.717, 1.165) is 45.8 Å². The largest absolute Gasteiger partial charge is 0.385 e. The van der Waals surface area contributed by atoms with Gasteiger partial charge in [0, 0.05) is 57.0 Å². The minimum Gasteiger partial charge on any atom is -0.385 e. The Morgan fingerprint density at radius 3 is 2.70 bits per heavy atom. The number of carbonyl (C=O) groups excluding carboxylic acids is 1. The third-order valence-corrected chi connectivity index (χ3v) is 3.79. The van der Waals surface area contributed by atoms with Crippen LogP contribution >= 0.6 is 11.6 Å². The van der Waals surface area contributed by atoms with Crippen molar-refractivity contribution in [3.8, 4) is 0 Å². The van der Waals surface area contributed by atoms with E-state index in [1.165, 1.54) is 0 Å². The molecule has 1 aromatic carbocycles. The van der Waals surface area contributed by atoms with E-state index in [9.17, 15) is 4.79 Å². The number of hydrogen-bond donors (Lipinski definition) is 0. The molecule has 1 amide bonds. The maximum atomic E-state index is 12.3. The number of nitrogens with zero attached hydrogens (tertiary/aromatic N) is 2. The molecule has 0 atom stereocenters. The van der Waals surface area contributed by atoms with Crippen LogP contribution in [0.5, 0.6) is 0 Å². The number of carbonyl (C=O) groups is 1. The van der Waals surface area contributed by atoms with Gasteiger partial charge < -0.3 is 9.64 Å². The summed E-state index contributed by atoms with van der Waals surface area (Å²) in [6.07, 6.45) is 1.04. The van der Waals surface area contributed by atoms with Crippen molar-refractivity contribution in [2.45, 2.75) is 6.42 Å². The van der Waals surface area contributed by atoms with Crippen molar-refractivity contribution < 1.29 is 9.53 Å². The fraction of sp³-hybridized carbons (Fsp3) is 0.533. The summed E-state index contributed by atoms with van der Waals surface area (Å²) in [7, 11) is 1.72. The van der Waals surface area contributed by atoms with Crippen molar-refractivity contribution in [2.24, 2.45) is 0 Å². The van der Waals surface area contributed by atoms with E-state index < -0.39 is 0 Å². The van der Waals surface area contributed by atoms with Gasteiger partial charge in [0.15, 0.2) is 0 Å². The summed E-state index contributed by atoms with van der Waals surface area (Å²) in [5.41, 5.74) is 0.672. The van der Waals surface area contributed by atoms with Crippen LogP contribution in [0.4, 0.5) is 0 Å². The molecule has 0 aromatic heterocycles. The first-order valence-corrected chi connectivity index (χ1v) is 7.34. The van der Waals surface area contributed by atoms with E-state index >= 15 is 0 Å². The molecule has 0 unspecified atom stereocenters. The van der Waals surface area contributed by atoms with Gasteiger partial charge >= 0.3 is 0 Å². The normalized spacial score (nSPS) is 16.4. The molecule has 1 aromatic rings. The Hall–Kier alpha value is -1.10. The van der Waals surface area contributed by atoms with Crippen LogP contribution in [-0.2, 0) is 4.74 Å². The minimum atomic E-state index is 0.0732. The quantitative estimate of drug-likeness (QED) is 0.781. The predicted molar refractivity (Wildman–Crippen MR) is 80.3 cm³/mol. The maximum absolute atomic E-state index is 12.3. The van der Waals surface area contributed by atoms with Gasteiger partial charge in [-0.3, -0.25) is 9.69 Å². The number of methoxy groups -OCH3 is 1. The minimum absolute atomic E-state index is 0.0732. The van der Waals surface area contributed by atoms with Gasteiger partial charge in [0.05, 0.1) is 0 Å². The molecule has 0 saturated carbocycles. The molecule has 0 bridgehead atoms. The molecular weight excluding hydrogens is 276 g/mol. The summed E-state index contributed by atoms with van der Waals surface area (Å²) in [6.45, 7) is 5.23. The van der Waals surface area contributed by atoms with Crippen molar-refractivity contribution >= 4 is 17.5 Å². The van der Waals surface area contributed by atoms with Gasteiger partial charge in [-0.1, -0.05) is 17.7 Å². The molecule has 1 fully saturated rings. The third kappa shape index (κ3) is 4.20. The summed E-state index contributed by atoms with van der Waals surface area (Å²) < 4.78 is 5.06. The number of benzene rings is 1. The first-order chi connectivity index (χ1) is 9.70. The van der Waals surface area contributed by atoms with Crippen molar-refractivity contribution in [3.63, 3.8) is 0 Å². The molecule has 0 aliphatic carbocycles. The lowest BCUT2D eigenvalue weighted by Gasteiger charge is -2.34. The Morgan fingerprint density at radius 2 is 2.05 bits per heavy atom. The van der Waals surface area contributed by atoms with Crippen molar-refractivity contribution in [3.05, 3.63) is 34.9 Å². The van der Waals surface area contributed by atoms with Crippen molar-refractivity contribution in [1.29, 1.82) is 0 Å². The molecule has 110 valence electrons. The van der Waals surface area contributed by atoms with Gasteiger partial charge in [-0.25, -0.2) is 0 Å². The van der Waals surface area contributed by atoms with Crippen LogP contribution in [0, 0.1) is 0 Å². The standard InChI is InChI=1S/C15H21ClN2O2/c1-20-11-3-6-17-7-9-18(10-8-17)15(19)13-4-2-5-14(16)12-13/h2,4-5,12H,3,6-11H2,1H3. The second-order valence-electron chi connectivity index (χ2n) is 4.99. The molecule has 2 rings (SSSR count). The predicted octanol–water partition coefficient (Wildman–Crippen LogP) is 2.13. The number of halogens is 1. The summed E-state index contributed by atoms with van der Waals surface area (Å²) >= 11 is 5.93. The SMILES string of the molecule is COCCCN1CCN(C(=O)c2cccc(Cl)c2)CC1. The molecule has 4 nitrogen and oxygen atoms in total. The summed E-state index contributed by atoms with van der Waals surface area (Å²) in [6, 6.07) is 7.15. The first-order valence-electron chi connectivity index (χ1n) is 6.97. The van der Waals surface area contributed by atoms with Crippen molar-refractivity contribution in [2.75, 3.05) is 46.4 Å². The molecule has 1 aliphatic heterocycles. The molecule has 0 N–H and O–H groups in total. The average Bonchev–Trinajstić information content (AvgIpc) is 2.47. The summed E-state index contributed by atoms with van der Waals surface area (Å²) in [5.74, 6) is 0.0732. The topological polar surface area (TPSA) is 32.8 Å². The Labute approximate surface area is 125 Å². The zero-order chi connectivity index (χ0) is 14.4. The second kappa shape index (κ2) is 7.62. The molecule has 1 heterocycles. The van der Waals surface area contributed by atoms with E-state index in [1.807, 2.05) is 17.0 Å². The third-order valence-electron chi connectivity index (χ3n) is 3.55. The smallest absolute Gasteiger partial charge is 0.253 e. The van der Waals surface area contributed by atoms with Gasteiger partial charge in [-0.05, 0) is 24.6 Å². The van der Waals surface area contributed by atoms with E-state index in [4.69, 9.17) is 16.3 Å². The Bertz CT molecular complexity index is 445. The zero-order valence-electron chi connectivity index (χ0n) is 11.8. The fourth-order valence-corrected chi connectivity index (χ4v) is 2.60. The first kappa shape index (κ1) is 15.3. The van der Waals surface area contributed by atoms with Gasteiger partial charge in [0.25, 0.3) is 5.91 Å². The maximum Gasteiger partial charge on any atom is 0.253 e.